The molecule has 1 aromatic rings. The molecule has 0 bridgehead atoms. The summed E-state index contributed by atoms with van der Waals surface area (Å²) in [5.41, 5.74) is 1.91. The monoisotopic (exact) mass is 593 g/mol. The van der Waals surface area contributed by atoms with Crippen molar-refractivity contribution in [3.63, 3.8) is 0 Å². The third-order valence-electron chi connectivity index (χ3n) is 7.87. The third-order valence-corrected chi connectivity index (χ3v) is 7.87. The molecule has 1 aromatic carbocycles. The molecule has 0 radical (unpaired) electrons. The van der Waals surface area contributed by atoms with Crippen molar-refractivity contribution < 1.29 is 19.7 Å². The molecule has 0 aliphatic rings. The smallest absolute Gasteiger partial charge is 0.0945 e. The molecule has 0 saturated heterocycles. The molecule has 0 fully saturated rings. The Bertz CT molecular complexity index is 616. The third kappa shape index (κ3) is 25.2. The summed E-state index contributed by atoms with van der Waals surface area (Å²) in [6, 6.07) is 7.92. The molecule has 0 aromatic heterocycles. The lowest BCUT2D eigenvalue weighted by Gasteiger charge is -2.15. The molecule has 246 valence electrons. The van der Waals surface area contributed by atoms with E-state index in [9.17, 15) is 10.2 Å². The van der Waals surface area contributed by atoms with E-state index in [1.54, 1.807) is 0 Å². The van der Waals surface area contributed by atoms with Gasteiger partial charge in [0.2, 0.25) is 0 Å². The Labute approximate surface area is 259 Å². The van der Waals surface area contributed by atoms with Crippen LogP contribution in [0.5, 0.6) is 0 Å². The van der Waals surface area contributed by atoms with Gasteiger partial charge in [-0.05, 0) is 37.1 Å². The number of hydrogen-bond acceptors (Lipinski definition) is 6. The summed E-state index contributed by atoms with van der Waals surface area (Å²) in [7, 11) is 0. The van der Waals surface area contributed by atoms with E-state index >= 15 is 0 Å². The molecular formula is C36H68N2O4. The Hall–Kier alpha value is -1.34. The number of aliphatic hydroxyl groups is 2. The lowest BCUT2D eigenvalue weighted by atomic mass is 10.1. The number of ether oxygens (including phenoxy) is 2. The van der Waals surface area contributed by atoms with Crippen LogP contribution < -0.4 is 10.6 Å². The van der Waals surface area contributed by atoms with Gasteiger partial charge in [-0.3, -0.25) is 0 Å². The molecule has 1 rings (SSSR count). The van der Waals surface area contributed by atoms with Crippen LogP contribution in [-0.2, 0) is 9.47 Å². The van der Waals surface area contributed by atoms with Gasteiger partial charge in [-0.1, -0.05) is 129 Å². The van der Waals surface area contributed by atoms with Crippen molar-refractivity contribution in [2.75, 3.05) is 50.2 Å². The molecule has 6 nitrogen and oxygen atoms in total. The quantitative estimate of drug-likeness (QED) is 0.0625. The van der Waals surface area contributed by atoms with E-state index in [0.717, 1.165) is 37.4 Å². The summed E-state index contributed by atoms with van der Waals surface area (Å²) < 4.78 is 11.3. The normalized spacial score (nSPS) is 12.9. The lowest BCUT2D eigenvalue weighted by molar-refractivity contribution is 0.0416. The van der Waals surface area contributed by atoms with Gasteiger partial charge >= 0.3 is 0 Å². The van der Waals surface area contributed by atoms with E-state index in [-0.39, 0.29) is 0 Å². The van der Waals surface area contributed by atoms with Gasteiger partial charge in [0.25, 0.3) is 0 Å². The Balaban J connectivity index is 1.95. The highest BCUT2D eigenvalue weighted by Gasteiger charge is 2.06. The highest BCUT2D eigenvalue weighted by atomic mass is 16.5. The van der Waals surface area contributed by atoms with Gasteiger partial charge in [0, 0.05) is 37.7 Å². The molecule has 0 amide bonds. The van der Waals surface area contributed by atoms with Gasteiger partial charge in [-0.25, -0.2) is 0 Å². The fourth-order valence-electron chi connectivity index (χ4n) is 5.12. The lowest BCUT2D eigenvalue weighted by Crippen LogP contribution is -2.25. The van der Waals surface area contributed by atoms with Crippen LogP contribution in [-0.4, -0.2) is 61.9 Å². The Kier molecular flexibility index (Phi) is 27.4. The zero-order valence-corrected chi connectivity index (χ0v) is 27.6. The van der Waals surface area contributed by atoms with Gasteiger partial charge in [0.05, 0.1) is 25.4 Å². The van der Waals surface area contributed by atoms with Crippen molar-refractivity contribution >= 4 is 11.4 Å². The van der Waals surface area contributed by atoms with Crippen LogP contribution in [0.3, 0.4) is 0 Å². The van der Waals surface area contributed by atoms with Gasteiger partial charge in [-0.2, -0.15) is 0 Å². The Morgan fingerprint density at radius 1 is 0.476 bits per heavy atom. The van der Waals surface area contributed by atoms with Crippen molar-refractivity contribution in [3.8, 4) is 0 Å². The van der Waals surface area contributed by atoms with E-state index in [1.807, 2.05) is 24.3 Å². The standard InChI is InChI=1S/C36H68N2O4/c1-3-5-7-9-11-13-15-17-19-21-27-41-31-35(39)29-37-33-23-25-34(26-24-33)38-30-36(40)32-42-28-22-20-18-16-14-12-10-8-6-4-2/h23-26,35-40H,3-22,27-32H2,1-2H3. The second-order valence-electron chi connectivity index (χ2n) is 12.2. The average Bonchev–Trinajstić information content (AvgIpc) is 3.00. The topological polar surface area (TPSA) is 83.0 Å². The minimum absolute atomic E-state index is 0.364. The maximum absolute atomic E-state index is 10.2. The first-order chi connectivity index (χ1) is 20.7. The fraction of sp³-hybridized carbons (Fsp3) is 0.833. The number of benzene rings is 1. The van der Waals surface area contributed by atoms with E-state index in [2.05, 4.69) is 24.5 Å². The van der Waals surface area contributed by atoms with Crippen LogP contribution in [0, 0.1) is 0 Å². The van der Waals surface area contributed by atoms with Gasteiger partial charge in [0.15, 0.2) is 0 Å². The molecular weight excluding hydrogens is 524 g/mol. The summed E-state index contributed by atoms with van der Waals surface area (Å²) in [6.07, 6.45) is 25.2. The van der Waals surface area contributed by atoms with Crippen LogP contribution in [0.1, 0.15) is 142 Å². The summed E-state index contributed by atoms with van der Waals surface area (Å²) in [5, 5.41) is 27.0. The summed E-state index contributed by atoms with van der Waals surface area (Å²) in [4.78, 5) is 0. The minimum atomic E-state index is -0.526. The van der Waals surface area contributed by atoms with Crippen LogP contribution >= 0.6 is 0 Å². The van der Waals surface area contributed by atoms with Crippen molar-refractivity contribution in [2.45, 2.75) is 154 Å². The second kappa shape index (κ2) is 29.7. The van der Waals surface area contributed by atoms with Crippen LogP contribution in [0.2, 0.25) is 0 Å². The van der Waals surface area contributed by atoms with Crippen molar-refractivity contribution in [1.82, 2.24) is 0 Å². The number of hydrogen-bond donors (Lipinski definition) is 4. The molecule has 0 heterocycles. The summed E-state index contributed by atoms with van der Waals surface area (Å²) in [6.45, 7) is 7.63. The zero-order chi connectivity index (χ0) is 30.4. The molecule has 42 heavy (non-hydrogen) atoms. The van der Waals surface area contributed by atoms with E-state index in [0.29, 0.717) is 26.3 Å². The number of unbranched alkanes of at least 4 members (excludes halogenated alkanes) is 18. The predicted octanol–water partition coefficient (Wildman–Crippen LogP) is 9.11. The average molecular weight is 593 g/mol. The van der Waals surface area contributed by atoms with Crippen LogP contribution in [0.15, 0.2) is 24.3 Å². The molecule has 2 atom stereocenters. The minimum Gasteiger partial charge on any atom is -0.389 e. The van der Waals surface area contributed by atoms with Crippen molar-refractivity contribution in [1.29, 1.82) is 0 Å². The first-order valence-corrected chi connectivity index (χ1v) is 17.7. The molecule has 0 aliphatic carbocycles. The number of nitrogens with one attached hydrogen (secondary N) is 2. The first-order valence-electron chi connectivity index (χ1n) is 17.7. The molecule has 6 heteroatoms. The van der Waals surface area contributed by atoms with E-state index < -0.39 is 12.2 Å². The zero-order valence-electron chi connectivity index (χ0n) is 27.6. The van der Waals surface area contributed by atoms with Crippen molar-refractivity contribution in [2.24, 2.45) is 0 Å². The largest absolute Gasteiger partial charge is 0.389 e. The number of anilines is 2. The highest BCUT2D eigenvalue weighted by molar-refractivity contribution is 5.53. The predicted molar refractivity (Wildman–Crippen MR) is 181 cm³/mol. The van der Waals surface area contributed by atoms with Crippen LogP contribution in [0.25, 0.3) is 0 Å². The van der Waals surface area contributed by atoms with E-state index in [4.69, 9.17) is 9.47 Å². The molecule has 2 unspecified atom stereocenters. The molecule has 0 aliphatic heterocycles. The van der Waals surface area contributed by atoms with Crippen LogP contribution in [0.4, 0.5) is 11.4 Å². The van der Waals surface area contributed by atoms with Crippen molar-refractivity contribution in [3.05, 3.63) is 24.3 Å². The molecule has 4 N–H and O–H groups in total. The summed E-state index contributed by atoms with van der Waals surface area (Å²) >= 11 is 0. The Morgan fingerprint density at radius 2 is 0.762 bits per heavy atom. The Morgan fingerprint density at radius 3 is 1.07 bits per heavy atom. The maximum atomic E-state index is 10.2. The maximum Gasteiger partial charge on any atom is 0.0945 e. The number of rotatable bonds is 32. The first kappa shape index (κ1) is 38.7. The summed E-state index contributed by atoms with van der Waals surface area (Å²) in [5.74, 6) is 0. The van der Waals surface area contributed by atoms with Gasteiger partial charge in [-0.15, -0.1) is 0 Å². The molecule has 0 saturated carbocycles. The van der Waals surface area contributed by atoms with Gasteiger partial charge < -0.3 is 30.3 Å². The number of aliphatic hydroxyl groups excluding tert-OH is 2. The fourth-order valence-corrected chi connectivity index (χ4v) is 5.12. The van der Waals surface area contributed by atoms with Gasteiger partial charge in [0.1, 0.15) is 0 Å². The highest BCUT2D eigenvalue weighted by Crippen LogP contribution is 2.14. The molecule has 0 spiro atoms. The SMILES string of the molecule is CCCCCCCCCCCCOCC(O)CNc1ccc(NCC(O)COCCCCCCCCCCCC)cc1. The van der Waals surface area contributed by atoms with E-state index in [1.165, 1.54) is 116 Å². The second-order valence-corrected chi connectivity index (χ2v) is 12.2.